The number of halogens is 3. The van der Waals surface area contributed by atoms with Crippen molar-refractivity contribution in [3.8, 4) is 22.9 Å². The summed E-state index contributed by atoms with van der Waals surface area (Å²) in [7, 11) is 1.52. The molecule has 7 nitrogen and oxygen atoms in total. The summed E-state index contributed by atoms with van der Waals surface area (Å²) in [6.07, 6.45) is 0. The number of hydrogen-bond donors (Lipinski definition) is 2. The smallest absolute Gasteiger partial charge is 0.387 e. The third-order valence-electron chi connectivity index (χ3n) is 3.72. The number of carbonyl (C=O) groups is 1. The minimum atomic E-state index is -3.19. The van der Waals surface area contributed by atoms with Crippen molar-refractivity contribution in [3.63, 3.8) is 0 Å². The second kappa shape index (κ2) is 8.42. The summed E-state index contributed by atoms with van der Waals surface area (Å²) < 4.78 is 48.3. The van der Waals surface area contributed by atoms with Gasteiger partial charge in [0.2, 0.25) is 0 Å². The third-order valence-corrected chi connectivity index (χ3v) is 3.72. The number of rotatable bonds is 7. The maximum absolute atomic E-state index is 13.9. The minimum Gasteiger partial charge on any atom is -0.496 e. The van der Waals surface area contributed by atoms with Crippen LogP contribution in [0.2, 0.25) is 0 Å². The predicted octanol–water partition coefficient (Wildman–Crippen LogP) is 3.15. The van der Waals surface area contributed by atoms with E-state index < -0.39 is 29.6 Å². The monoisotopic (exact) mass is 392 g/mol. The van der Waals surface area contributed by atoms with Gasteiger partial charge in [0.25, 0.3) is 5.91 Å². The van der Waals surface area contributed by atoms with Crippen molar-refractivity contribution in [2.75, 3.05) is 7.11 Å². The Morgan fingerprint density at radius 1 is 1.18 bits per heavy atom. The zero-order valence-electron chi connectivity index (χ0n) is 14.6. The van der Waals surface area contributed by atoms with Gasteiger partial charge in [-0.3, -0.25) is 9.89 Å². The molecule has 3 aromatic rings. The van der Waals surface area contributed by atoms with Crippen LogP contribution in [0.4, 0.5) is 13.2 Å². The molecule has 0 saturated heterocycles. The number of aromatic nitrogens is 3. The molecule has 3 rings (SSSR count). The summed E-state index contributed by atoms with van der Waals surface area (Å²) in [5.41, 5.74) is 0.0417. The maximum Gasteiger partial charge on any atom is 0.387 e. The summed E-state index contributed by atoms with van der Waals surface area (Å²) in [4.78, 5) is 16.5. The van der Waals surface area contributed by atoms with Crippen LogP contribution < -0.4 is 14.8 Å². The molecule has 0 spiro atoms. The molecular formula is C18H15F3N4O3. The van der Waals surface area contributed by atoms with Gasteiger partial charge in [-0.2, -0.15) is 13.9 Å². The van der Waals surface area contributed by atoms with E-state index in [0.29, 0.717) is 17.1 Å². The highest BCUT2D eigenvalue weighted by molar-refractivity contribution is 5.97. The van der Waals surface area contributed by atoms with Crippen molar-refractivity contribution in [1.82, 2.24) is 20.5 Å². The largest absolute Gasteiger partial charge is 0.496 e. The van der Waals surface area contributed by atoms with Crippen molar-refractivity contribution < 1.29 is 27.4 Å². The molecule has 10 heteroatoms. The number of alkyl halides is 2. The van der Waals surface area contributed by atoms with E-state index in [1.165, 1.54) is 13.2 Å². The van der Waals surface area contributed by atoms with Crippen LogP contribution >= 0.6 is 0 Å². The van der Waals surface area contributed by atoms with Crippen LogP contribution in [0.1, 0.15) is 16.2 Å². The number of para-hydroxylation sites is 1. The van der Waals surface area contributed by atoms with Gasteiger partial charge in [0.1, 0.15) is 22.9 Å². The Kier molecular flexibility index (Phi) is 5.78. The number of nitrogens with zero attached hydrogens (tertiary/aromatic N) is 2. The molecule has 0 atom stereocenters. The molecule has 0 saturated carbocycles. The van der Waals surface area contributed by atoms with E-state index in [0.717, 1.165) is 12.1 Å². The van der Waals surface area contributed by atoms with Crippen LogP contribution in [-0.4, -0.2) is 34.8 Å². The van der Waals surface area contributed by atoms with Gasteiger partial charge in [-0.15, -0.1) is 0 Å². The Morgan fingerprint density at radius 2 is 1.93 bits per heavy atom. The lowest BCUT2D eigenvalue weighted by molar-refractivity contribution is -0.0503. The standard InChI is InChI=1S/C18H15F3N4O3/c1-27-12-7-3-2-5-10(12)16-23-14(24-25-16)9-22-17(26)15-11(19)6-4-8-13(15)28-18(20)21/h2-8,18H,9H2,1H3,(H,22,26)(H,23,24,25). The van der Waals surface area contributed by atoms with Gasteiger partial charge in [0, 0.05) is 0 Å². The van der Waals surface area contributed by atoms with Gasteiger partial charge in [-0.05, 0) is 24.3 Å². The molecule has 0 radical (unpaired) electrons. The number of methoxy groups -OCH3 is 1. The lowest BCUT2D eigenvalue weighted by Gasteiger charge is -2.11. The zero-order chi connectivity index (χ0) is 20.1. The quantitative estimate of drug-likeness (QED) is 0.645. The van der Waals surface area contributed by atoms with Gasteiger partial charge in [-0.1, -0.05) is 18.2 Å². The van der Waals surface area contributed by atoms with Crippen LogP contribution in [0.5, 0.6) is 11.5 Å². The van der Waals surface area contributed by atoms with E-state index in [2.05, 4.69) is 25.2 Å². The summed E-state index contributed by atoms with van der Waals surface area (Å²) in [5.74, 6) is -1.28. The number of ether oxygens (including phenoxy) is 2. The van der Waals surface area contributed by atoms with Crippen molar-refractivity contribution in [3.05, 3.63) is 59.7 Å². The maximum atomic E-state index is 13.9. The van der Waals surface area contributed by atoms with Crippen LogP contribution in [-0.2, 0) is 6.54 Å². The topological polar surface area (TPSA) is 89.1 Å². The SMILES string of the molecule is COc1ccccc1-c1nc(CNC(=O)c2c(F)cccc2OC(F)F)n[nH]1. The summed E-state index contributed by atoms with van der Waals surface area (Å²) in [6, 6.07) is 10.3. The Hall–Kier alpha value is -3.56. The molecule has 0 aliphatic rings. The number of nitrogens with one attached hydrogen (secondary N) is 2. The number of carbonyl (C=O) groups excluding carboxylic acids is 1. The van der Waals surface area contributed by atoms with Gasteiger partial charge in [0.05, 0.1) is 19.2 Å². The molecule has 0 fully saturated rings. The molecule has 1 amide bonds. The zero-order valence-corrected chi connectivity index (χ0v) is 14.6. The van der Waals surface area contributed by atoms with E-state index >= 15 is 0 Å². The Bertz CT molecular complexity index is 978. The van der Waals surface area contributed by atoms with Crippen LogP contribution in [0, 0.1) is 5.82 Å². The molecule has 1 heterocycles. The first-order valence-electron chi connectivity index (χ1n) is 8.05. The second-order valence-corrected chi connectivity index (χ2v) is 5.47. The van der Waals surface area contributed by atoms with E-state index in [1.807, 2.05) is 0 Å². The molecule has 146 valence electrons. The highest BCUT2D eigenvalue weighted by Crippen LogP contribution is 2.26. The van der Waals surface area contributed by atoms with E-state index in [1.54, 1.807) is 24.3 Å². The minimum absolute atomic E-state index is 0.160. The average Bonchev–Trinajstić information content (AvgIpc) is 3.14. The predicted molar refractivity (Wildman–Crippen MR) is 92.6 cm³/mol. The molecule has 0 bridgehead atoms. The average molecular weight is 392 g/mol. The van der Waals surface area contributed by atoms with Crippen LogP contribution in [0.3, 0.4) is 0 Å². The molecule has 0 unspecified atom stereocenters. The van der Waals surface area contributed by atoms with E-state index in [4.69, 9.17) is 4.74 Å². The van der Waals surface area contributed by atoms with Gasteiger partial charge < -0.3 is 14.8 Å². The Labute approximate surface area is 157 Å². The highest BCUT2D eigenvalue weighted by atomic mass is 19.3. The van der Waals surface area contributed by atoms with Gasteiger partial charge >= 0.3 is 6.61 Å². The lowest BCUT2D eigenvalue weighted by Crippen LogP contribution is -2.25. The fourth-order valence-corrected chi connectivity index (χ4v) is 2.50. The van der Waals surface area contributed by atoms with Crippen molar-refractivity contribution >= 4 is 5.91 Å². The van der Waals surface area contributed by atoms with Crippen LogP contribution in [0.25, 0.3) is 11.4 Å². The summed E-state index contributed by atoms with van der Waals surface area (Å²) in [6.45, 7) is -3.35. The number of hydrogen-bond acceptors (Lipinski definition) is 5. The normalized spacial score (nSPS) is 10.8. The highest BCUT2D eigenvalue weighted by Gasteiger charge is 2.20. The van der Waals surface area contributed by atoms with Crippen molar-refractivity contribution in [2.45, 2.75) is 13.2 Å². The molecule has 28 heavy (non-hydrogen) atoms. The molecule has 1 aromatic heterocycles. The van der Waals surface area contributed by atoms with E-state index in [9.17, 15) is 18.0 Å². The number of aromatic amines is 1. The number of benzene rings is 2. The Morgan fingerprint density at radius 3 is 2.68 bits per heavy atom. The first-order valence-corrected chi connectivity index (χ1v) is 8.05. The lowest BCUT2D eigenvalue weighted by atomic mass is 10.1. The molecular weight excluding hydrogens is 377 g/mol. The fraction of sp³-hybridized carbons (Fsp3) is 0.167. The van der Waals surface area contributed by atoms with Gasteiger partial charge in [-0.25, -0.2) is 9.37 Å². The number of H-pyrrole nitrogens is 1. The first-order chi connectivity index (χ1) is 13.5. The number of amides is 1. The van der Waals surface area contributed by atoms with Crippen molar-refractivity contribution in [2.24, 2.45) is 0 Å². The molecule has 2 N–H and O–H groups in total. The third kappa shape index (κ3) is 4.22. The fourth-order valence-electron chi connectivity index (χ4n) is 2.50. The first kappa shape index (κ1) is 19.2. The van der Waals surface area contributed by atoms with Gasteiger partial charge in [0.15, 0.2) is 11.6 Å². The van der Waals surface area contributed by atoms with E-state index in [-0.39, 0.29) is 12.4 Å². The summed E-state index contributed by atoms with van der Waals surface area (Å²) >= 11 is 0. The molecule has 2 aromatic carbocycles. The Balaban J connectivity index is 1.74. The molecule has 0 aliphatic heterocycles. The summed E-state index contributed by atoms with van der Waals surface area (Å²) in [5, 5.41) is 9.08. The van der Waals surface area contributed by atoms with Crippen molar-refractivity contribution in [1.29, 1.82) is 0 Å². The molecule has 0 aliphatic carbocycles. The van der Waals surface area contributed by atoms with Crippen LogP contribution in [0.15, 0.2) is 42.5 Å². The second-order valence-electron chi connectivity index (χ2n) is 5.47.